The van der Waals surface area contributed by atoms with E-state index < -0.39 is 33.8 Å². The van der Waals surface area contributed by atoms with E-state index in [1.165, 1.54) is 26.2 Å². The van der Waals surface area contributed by atoms with Crippen molar-refractivity contribution in [3.8, 4) is 0 Å². The van der Waals surface area contributed by atoms with Crippen molar-refractivity contribution in [2.45, 2.75) is 31.4 Å². The normalized spacial score (nSPS) is 14.8. The second kappa shape index (κ2) is 8.60. The number of nitrogens with zero attached hydrogens (tertiary/aromatic N) is 2. The van der Waals surface area contributed by atoms with Gasteiger partial charge in [-0.2, -0.15) is 0 Å². The minimum Gasteiger partial charge on any atom is -0.459 e. The summed E-state index contributed by atoms with van der Waals surface area (Å²) in [6.45, 7) is 3.25. The number of carbonyl (C=O) groups is 3. The molecule has 8 nitrogen and oxygen atoms in total. The molecule has 1 aliphatic heterocycles. The van der Waals surface area contributed by atoms with Crippen LogP contribution in [0.1, 0.15) is 40.1 Å². The molecule has 0 radical (unpaired) electrons. The van der Waals surface area contributed by atoms with E-state index >= 15 is 0 Å². The lowest BCUT2D eigenvalue weighted by Crippen LogP contribution is -2.48. The van der Waals surface area contributed by atoms with Gasteiger partial charge in [-0.3, -0.25) is 14.5 Å². The van der Waals surface area contributed by atoms with Crippen LogP contribution >= 0.6 is 0 Å². The first kappa shape index (κ1) is 22.6. The molecule has 1 atom stereocenters. The number of benzene rings is 2. The highest BCUT2D eigenvalue weighted by Crippen LogP contribution is 2.28. The van der Waals surface area contributed by atoms with Crippen molar-refractivity contribution >= 4 is 27.8 Å². The minimum absolute atomic E-state index is 0.0757. The molecule has 0 unspecified atom stereocenters. The molecule has 9 heteroatoms. The smallest absolute Gasteiger partial charge is 0.329 e. The summed E-state index contributed by atoms with van der Waals surface area (Å²) >= 11 is 0. The third-order valence-electron chi connectivity index (χ3n) is 5.03. The Kier molecular flexibility index (Phi) is 6.28. The van der Waals surface area contributed by atoms with E-state index in [1.54, 1.807) is 50.2 Å². The molecule has 31 heavy (non-hydrogen) atoms. The van der Waals surface area contributed by atoms with Crippen LogP contribution in [0.5, 0.6) is 0 Å². The zero-order valence-corrected chi connectivity index (χ0v) is 18.5. The maximum Gasteiger partial charge on any atom is 0.329 e. The quantitative estimate of drug-likeness (QED) is 0.480. The maximum absolute atomic E-state index is 12.9. The summed E-state index contributed by atoms with van der Waals surface area (Å²) < 4.78 is 31.1. The second-order valence-electron chi connectivity index (χ2n) is 7.76. The van der Waals surface area contributed by atoms with E-state index in [9.17, 15) is 22.8 Å². The van der Waals surface area contributed by atoms with Gasteiger partial charge in [0.25, 0.3) is 11.8 Å². The molecule has 0 bridgehead atoms. The fourth-order valence-electron chi connectivity index (χ4n) is 3.38. The van der Waals surface area contributed by atoms with Crippen molar-refractivity contribution in [3.63, 3.8) is 0 Å². The van der Waals surface area contributed by atoms with Crippen molar-refractivity contribution in [2.75, 3.05) is 14.1 Å². The maximum atomic E-state index is 12.9. The number of amides is 2. The van der Waals surface area contributed by atoms with Gasteiger partial charge in [-0.15, -0.1) is 0 Å². The molecule has 0 saturated carbocycles. The highest BCUT2D eigenvalue weighted by molar-refractivity contribution is 7.89. The van der Waals surface area contributed by atoms with E-state index in [4.69, 9.17) is 4.74 Å². The average molecular weight is 445 g/mol. The minimum atomic E-state index is -3.63. The summed E-state index contributed by atoms with van der Waals surface area (Å²) in [6.07, 6.45) is 0. The van der Waals surface area contributed by atoms with E-state index in [0.29, 0.717) is 5.56 Å². The predicted octanol–water partition coefficient (Wildman–Crippen LogP) is 2.30. The Morgan fingerprint density at radius 1 is 1.00 bits per heavy atom. The van der Waals surface area contributed by atoms with Gasteiger partial charge in [0.1, 0.15) is 12.6 Å². The van der Waals surface area contributed by atoms with Crippen LogP contribution in [0.2, 0.25) is 0 Å². The highest BCUT2D eigenvalue weighted by atomic mass is 32.2. The Morgan fingerprint density at radius 2 is 1.58 bits per heavy atom. The summed E-state index contributed by atoms with van der Waals surface area (Å²) in [5.41, 5.74) is 0.987. The number of rotatable bonds is 7. The van der Waals surface area contributed by atoms with Crippen molar-refractivity contribution in [1.82, 2.24) is 9.21 Å². The molecule has 3 rings (SSSR count). The second-order valence-corrected chi connectivity index (χ2v) is 9.91. The summed E-state index contributed by atoms with van der Waals surface area (Å²) in [5, 5.41) is 0. The van der Waals surface area contributed by atoms with Crippen LogP contribution in [-0.2, 0) is 26.2 Å². The van der Waals surface area contributed by atoms with Gasteiger partial charge in [0.05, 0.1) is 16.0 Å². The van der Waals surface area contributed by atoms with Crippen LogP contribution in [0.25, 0.3) is 0 Å². The number of imide groups is 1. The monoisotopic (exact) mass is 444 g/mol. The molecule has 0 spiro atoms. The van der Waals surface area contributed by atoms with Crippen molar-refractivity contribution < 1.29 is 27.5 Å². The average Bonchev–Trinajstić information content (AvgIpc) is 2.98. The lowest BCUT2D eigenvalue weighted by Gasteiger charge is -2.27. The Hall–Kier alpha value is -3.04. The summed E-state index contributed by atoms with van der Waals surface area (Å²) in [5.74, 6) is -2.17. The summed E-state index contributed by atoms with van der Waals surface area (Å²) in [7, 11) is -0.775. The lowest BCUT2D eigenvalue weighted by atomic mass is 10.0. The number of hydrogen-bond donors (Lipinski definition) is 0. The molecule has 1 aliphatic rings. The van der Waals surface area contributed by atoms with Crippen molar-refractivity contribution in [1.29, 1.82) is 0 Å². The predicted molar refractivity (Wildman–Crippen MR) is 113 cm³/mol. The fourth-order valence-corrected chi connectivity index (χ4v) is 4.36. The third kappa shape index (κ3) is 4.24. The zero-order valence-electron chi connectivity index (χ0n) is 17.7. The molecular formula is C22H24N2O6S. The first-order valence-electron chi connectivity index (χ1n) is 9.70. The first-order chi connectivity index (χ1) is 14.6. The van der Waals surface area contributed by atoms with Gasteiger partial charge in [0.2, 0.25) is 10.0 Å². The van der Waals surface area contributed by atoms with Gasteiger partial charge in [-0.1, -0.05) is 38.1 Å². The molecule has 2 amide bonds. The Morgan fingerprint density at radius 3 is 2.10 bits per heavy atom. The van der Waals surface area contributed by atoms with Crippen molar-refractivity contribution in [3.05, 3.63) is 65.2 Å². The number of hydrogen-bond acceptors (Lipinski definition) is 6. The first-order valence-corrected chi connectivity index (χ1v) is 11.1. The van der Waals surface area contributed by atoms with Crippen LogP contribution in [0.15, 0.2) is 53.4 Å². The number of carbonyl (C=O) groups excluding carboxylic acids is 3. The molecule has 2 aromatic rings. The molecule has 0 aliphatic carbocycles. The fraction of sp³-hybridized carbons (Fsp3) is 0.318. The van der Waals surface area contributed by atoms with E-state index in [0.717, 1.165) is 9.21 Å². The van der Waals surface area contributed by atoms with E-state index in [-0.39, 0.29) is 28.5 Å². The molecule has 0 N–H and O–H groups in total. The number of esters is 1. The SMILES string of the molecule is CC(C)[C@H](C(=O)OCc1cccc(S(=O)(=O)N(C)C)c1)N1C(=O)c2ccccc2C1=O. The van der Waals surface area contributed by atoms with Gasteiger partial charge in [-0.05, 0) is 35.7 Å². The van der Waals surface area contributed by atoms with Crippen LogP contribution in [0.4, 0.5) is 0 Å². The van der Waals surface area contributed by atoms with Gasteiger partial charge >= 0.3 is 5.97 Å². The largest absolute Gasteiger partial charge is 0.459 e. The highest BCUT2D eigenvalue weighted by Gasteiger charge is 2.44. The molecule has 1 heterocycles. The van der Waals surface area contributed by atoms with E-state index in [2.05, 4.69) is 0 Å². The van der Waals surface area contributed by atoms with Crippen molar-refractivity contribution in [2.24, 2.45) is 5.92 Å². The van der Waals surface area contributed by atoms with Crippen LogP contribution in [0, 0.1) is 5.92 Å². The number of fused-ring (bicyclic) bond motifs is 1. The van der Waals surface area contributed by atoms with Gasteiger partial charge in [-0.25, -0.2) is 17.5 Å². The Bertz CT molecular complexity index is 1110. The number of sulfonamides is 1. The van der Waals surface area contributed by atoms with Crippen LogP contribution in [-0.4, -0.2) is 55.5 Å². The summed E-state index contributed by atoms with van der Waals surface area (Å²) in [6, 6.07) is 11.4. The Labute approximate surface area is 181 Å². The van der Waals surface area contributed by atoms with Gasteiger partial charge < -0.3 is 4.74 Å². The van der Waals surface area contributed by atoms with Gasteiger partial charge in [0, 0.05) is 14.1 Å². The molecule has 0 fully saturated rings. The topological polar surface area (TPSA) is 101 Å². The molecule has 0 aromatic heterocycles. The zero-order chi connectivity index (χ0) is 22.9. The van der Waals surface area contributed by atoms with Gasteiger partial charge in [0.15, 0.2) is 0 Å². The third-order valence-corrected chi connectivity index (χ3v) is 6.85. The van der Waals surface area contributed by atoms with Crippen LogP contribution < -0.4 is 0 Å². The lowest BCUT2D eigenvalue weighted by molar-refractivity contribution is -0.151. The molecule has 164 valence electrons. The standard InChI is InChI=1S/C22H24N2O6S/c1-14(2)19(24-20(25)17-10-5-6-11-18(17)21(24)26)22(27)30-13-15-8-7-9-16(12-15)31(28,29)23(3)4/h5-12,14,19H,13H2,1-4H3/t19-/m1/s1. The van der Waals surface area contributed by atoms with E-state index in [1.807, 2.05) is 0 Å². The Balaban J connectivity index is 1.79. The summed E-state index contributed by atoms with van der Waals surface area (Å²) in [4.78, 5) is 39.5. The molecular weight excluding hydrogens is 420 g/mol. The molecule has 0 saturated heterocycles. The van der Waals surface area contributed by atoms with Crippen LogP contribution in [0.3, 0.4) is 0 Å². The molecule has 2 aromatic carbocycles. The number of ether oxygens (including phenoxy) is 1.